The van der Waals surface area contributed by atoms with Gasteiger partial charge in [0.25, 0.3) is 5.91 Å². The van der Waals surface area contributed by atoms with E-state index in [2.05, 4.69) is 21.1 Å². The summed E-state index contributed by atoms with van der Waals surface area (Å²) in [6.45, 7) is 6.84. The van der Waals surface area contributed by atoms with E-state index in [4.69, 9.17) is 9.26 Å². The number of ether oxygens (including phenoxy) is 1. The molecule has 1 aliphatic carbocycles. The van der Waals surface area contributed by atoms with Gasteiger partial charge in [-0.25, -0.2) is 0 Å². The molecule has 1 aromatic heterocycles. The topological polar surface area (TPSA) is 123 Å². The molecule has 9 heteroatoms. The van der Waals surface area contributed by atoms with Gasteiger partial charge in [0.1, 0.15) is 17.8 Å². The van der Waals surface area contributed by atoms with Crippen LogP contribution in [0.25, 0.3) is 0 Å². The molecule has 3 atom stereocenters. The van der Waals surface area contributed by atoms with Gasteiger partial charge in [-0.3, -0.25) is 14.4 Å². The number of amides is 3. The van der Waals surface area contributed by atoms with Gasteiger partial charge in [-0.05, 0) is 30.7 Å². The van der Waals surface area contributed by atoms with Crippen LogP contribution in [0.4, 0.5) is 0 Å². The lowest BCUT2D eigenvalue weighted by molar-refractivity contribution is -0.131. The van der Waals surface area contributed by atoms with Crippen LogP contribution >= 0.6 is 0 Å². The van der Waals surface area contributed by atoms with E-state index >= 15 is 0 Å². The van der Waals surface area contributed by atoms with Crippen molar-refractivity contribution >= 4 is 17.7 Å². The van der Waals surface area contributed by atoms with Crippen LogP contribution in [0, 0.1) is 11.8 Å². The van der Waals surface area contributed by atoms with Crippen molar-refractivity contribution in [1.82, 2.24) is 21.1 Å². The molecule has 0 radical (unpaired) electrons. The third-order valence-corrected chi connectivity index (χ3v) is 7.26. The van der Waals surface area contributed by atoms with Crippen LogP contribution in [0.2, 0.25) is 0 Å². The maximum atomic E-state index is 13.5. The molecular formula is C29H42N4O5. The van der Waals surface area contributed by atoms with E-state index in [0.29, 0.717) is 25.4 Å². The number of carbonyl (C=O) groups is 3. The molecule has 38 heavy (non-hydrogen) atoms. The molecule has 1 fully saturated rings. The van der Waals surface area contributed by atoms with E-state index in [-0.39, 0.29) is 30.0 Å². The lowest BCUT2D eigenvalue weighted by atomic mass is 9.84. The number of nitrogens with zero attached hydrogens (tertiary/aromatic N) is 1. The minimum absolute atomic E-state index is 0.0478. The van der Waals surface area contributed by atoms with Gasteiger partial charge >= 0.3 is 0 Å². The Hall–Kier alpha value is -3.36. The van der Waals surface area contributed by atoms with Crippen molar-refractivity contribution in [3.63, 3.8) is 0 Å². The molecule has 1 aliphatic rings. The standard InChI is InChI=1S/C29H42N4O5/c1-4-17-37-24-14-10-9-13-22(24)19-30-29(36)26(20(3)5-2)33-27(34)23(18-21-11-7-6-8-12-21)32-28(35)25-15-16-31-38-25/h9-10,13-16,20-21,23,26H,4-8,11-12,17-19H2,1-3H3,(H,30,36)(H,32,35)(H,33,34)/t20-,23-,26-/m0/s1. The Balaban J connectivity index is 1.69. The molecular weight excluding hydrogens is 484 g/mol. The number of aromatic nitrogens is 1. The van der Waals surface area contributed by atoms with E-state index in [1.54, 1.807) is 0 Å². The van der Waals surface area contributed by atoms with Crippen LogP contribution in [0.5, 0.6) is 5.75 Å². The van der Waals surface area contributed by atoms with Gasteiger partial charge in [0.2, 0.25) is 17.6 Å². The summed E-state index contributed by atoms with van der Waals surface area (Å²) < 4.78 is 10.8. The van der Waals surface area contributed by atoms with E-state index < -0.39 is 18.0 Å². The van der Waals surface area contributed by atoms with Crippen molar-refractivity contribution < 1.29 is 23.6 Å². The normalized spacial score (nSPS) is 16.2. The van der Waals surface area contributed by atoms with Crippen LogP contribution in [0.3, 0.4) is 0 Å². The second kappa shape index (κ2) is 15.1. The maximum Gasteiger partial charge on any atom is 0.290 e. The number of nitrogens with one attached hydrogen (secondary N) is 3. The molecule has 9 nitrogen and oxygen atoms in total. The van der Waals surface area contributed by atoms with Crippen molar-refractivity contribution in [2.24, 2.45) is 11.8 Å². The first-order valence-electron chi connectivity index (χ1n) is 13.9. The molecule has 1 aromatic carbocycles. The van der Waals surface area contributed by atoms with Gasteiger partial charge in [0.15, 0.2) is 0 Å². The third kappa shape index (κ3) is 8.60. The zero-order valence-corrected chi connectivity index (χ0v) is 22.8. The highest BCUT2D eigenvalue weighted by Crippen LogP contribution is 2.27. The molecule has 3 rings (SSSR count). The van der Waals surface area contributed by atoms with Crippen LogP contribution < -0.4 is 20.7 Å². The summed E-state index contributed by atoms with van der Waals surface area (Å²) in [5, 5.41) is 12.3. The summed E-state index contributed by atoms with van der Waals surface area (Å²) in [5.41, 5.74) is 0.873. The predicted octanol–water partition coefficient (Wildman–Crippen LogP) is 4.38. The Labute approximate surface area is 225 Å². The van der Waals surface area contributed by atoms with Crippen LogP contribution in [0.1, 0.15) is 88.3 Å². The zero-order valence-electron chi connectivity index (χ0n) is 22.8. The first-order valence-corrected chi connectivity index (χ1v) is 13.9. The minimum Gasteiger partial charge on any atom is -0.493 e. The Morgan fingerprint density at radius 3 is 2.50 bits per heavy atom. The molecule has 0 aliphatic heterocycles. The zero-order chi connectivity index (χ0) is 27.3. The first-order chi connectivity index (χ1) is 18.4. The molecule has 1 heterocycles. The van der Waals surface area contributed by atoms with Gasteiger partial charge in [0, 0.05) is 18.2 Å². The third-order valence-electron chi connectivity index (χ3n) is 7.26. The van der Waals surface area contributed by atoms with E-state index in [1.807, 2.05) is 45.0 Å². The molecule has 1 saturated carbocycles. The summed E-state index contributed by atoms with van der Waals surface area (Å²) in [6.07, 6.45) is 8.98. The van der Waals surface area contributed by atoms with Crippen molar-refractivity contribution in [1.29, 1.82) is 0 Å². The molecule has 0 bridgehead atoms. The number of para-hydroxylation sites is 1. The Bertz CT molecular complexity index is 1020. The average Bonchev–Trinajstić information content (AvgIpc) is 3.49. The second-order valence-corrected chi connectivity index (χ2v) is 10.2. The Morgan fingerprint density at radius 1 is 1.05 bits per heavy atom. The molecule has 0 saturated heterocycles. The number of hydrogen-bond acceptors (Lipinski definition) is 6. The van der Waals surface area contributed by atoms with Crippen molar-refractivity contribution in [3.05, 3.63) is 47.9 Å². The summed E-state index contributed by atoms with van der Waals surface area (Å²) in [7, 11) is 0. The molecule has 2 aromatic rings. The molecule has 3 amide bonds. The fourth-order valence-electron chi connectivity index (χ4n) is 4.80. The van der Waals surface area contributed by atoms with Crippen LogP contribution in [0.15, 0.2) is 41.1 Å². The summed E-state index contributed by atoms with van der Waals surface area (Å²) in [4.78, 5) is 39.6. The average molecular weight is 527 g/mol. The SMILES string of the molecule is CCCOc1ccccc1CNC(=O)[C@@H](NC(=O)[C@H](CC1CCCCC1)NC(=O)c1ccno1)[C@@H](C)CC. The Kier molecular flexibility index (Phi) is 11.6. The molecule has 3 N–H and O–H groups in total. The quantitative estimate of drug-likeness (QED) is 0.336. The summed E-state index contributed by atoms with van der Waals surface area (Å²) in [5.74, 6) is -0.109. The maximum absolute atomic E-state index is 13.5. The molecule has 0 unspecified atom stereocenters. The van der Waals surface area contributed by atoms with Crippen molar-refractivity contribution in [2.75, 3.05) is 6.61 Å². The highest BCUT2D eigenvalue weighted by molar-refractivity contribution is 5.96. The van der Waals surface area contributed by atoms with Crippen molar-refractivity contribution in [2.45, 2.75) is 90.8 Å². The Morgan fingerprint density at radius 2 is 1.82 bits per heavy atom. The molecule has 0 spiro atoms. The largest absolute Gasteiger partial charge is 0.493 e. The second-order valence-electron chi connectivity index (χ2n) is 10.2. The molecule has 208 valence electrons. The lowest BCUT2D eigenvalue weighted by Crippen LogP contribution is -2.56. The number of carbonyl (C=O) groups excluding carboxylic acids is 3. The minimum atomic E-state index is -0.779. The lowest BCUT2D eigenvalue weighted by Gasteiger charge is -2.29. The van der Waals surface area contributed by atoms with Gasteiger partial charge < -0.3 is 25.2 Å². The number of hydrogen-bond donors (Lipinski definition) is 3. The number of rotatable bonds is 14. The van der Waals surface area contributed by atoms with Crippen LogP contribution in [-0.2, 0) is 16.1 Å². The summed E-state index contributed by atoms with van der Waals surface area (Å²) in [6, 6.07) is 7.55. The van der Waals surface area contributed by atoms with E-state index in [0.717, 1.165) is 43.4 Å². The van der Waals surface area contributed by atoms with E-state index in [9.17, 15) is 14.4 Å². The predicted molar refractivity (Wildman–Crippen MR) is 144 cm³/mol. The van der Waals surface area contributed by atoms with Gasteiger partial charge in [-0.15, -0.1) is 0 Å². The first kappa shape index (κ1) is 29.2. The van der Waals surface area contributed by atoms with Crippen LogP contribution in [-0.4, -0.2) is 41.6 Å². The monoisotopic (exact) mass is 526 g/mol. The number of benzene rings is 1. The van der Waals surface area contributed by atoms with Gasteiger partial charge in [-0.1, -0.05) is 82.7 Å². The summed E-state index contributed by atoms with van der Waals surface area (Å²) >= 11 is 0. The highest BCUT2D eigenvalue weighted by atomic mass is 16.5. The van der Waals surface area contributed by atoms with Gasteiger partial charge in [-0.2, -0.15) is 0 Å². The fourth-order valence-corrected chi connectivity index (χ4v) is 4.80. The van der Waals surface area contributed by atoms with Crippen molar-refractivity contribution in [3.8, 4) is 5.75 Å². The fraction of sp³-hybridized carbons (Fsp3) is 0.586. The smallest absolute Gasteiger partial charge is 0.290 e. The van der Waals surface area contributed by atoms with Gasteiger partial charge in [0.05, 0.1) is 12.8 Å². The highest BCUT2D eigenvalue weighted by Gasteiger charge is 2.32. The van der Waals surface area contributed by atoms with E-state index in [1.165, 1.54) is 18.7 Å².